The highest BCUT2D eigenvalue weighted by molar-refractivity contribution is 6.30. The standard InChI is InChI=1S/C19H15ClN2O/c20-16-9-11-17(12-10-16)22-21-14-15-5-4-8-19(13-15)23-18-6-2-1-3-7-18/h1-14,22H/b21-14-. The highest BCUT2D eigenvalue weighted by atomic mass is 35.5. The number of nitrogens with one attached hydrogen (secondary N) is 1. The number of benzene rings is 3. The van der Waals surface area contributed by atoms with Crippen LogP contribution >= 0.6 is 11.6 Å². The van der Waals surface area contributed by atoms with Gasteiger partial charge in [0.2, 0.25) is 0 Å². The summed E-state index contributed by atoms with van der Waals surface area (Å²) in [5.41, 5.74) is 4.78. The smallest absolute Gasteiger partial charge is 0.128 e. The van der Waals surface area contributed by atoms with Crippen molar-refractivity contribution in [3.63, 3.8) is 0 Å². The number of halogens is 1. The maximum Gasteiger partial charge on any atom is 0.128 e. The summed E-state index contributed by atoms with van der Waals surface area (Å²) in [5, 5.41) is 4.92. The number of hydrogen-bond donors (Lipinski definition) is 1. The van der Waals surface area contributed by atoms with Crippen molar-refractivity contribution in [2.75, 3.05) is 5.43 Å². The molecule has 0 fully saturated rings. The number of hydrazone groups is 1. The van der Waals surface area contributed by atoms with Gasteiger partial charge in [-0.25, -0.2) is 0 Å². The van der Waals surface area contributed by atoms with Crippen LogP contribution in [0.15, 0.2) is 84.0 Å². The minimum absolute atomic E-state index is 0.699. The summed E-state index contributed by atoms with van der Waals surface area (Å²) in [6, 6.07) is 24.8. The molecule has 0 aliphatic heterocycles. The fourth-order valence-electron chi connectivity index (χ4n) is 1.99. The van der Waals surface area contributed by atoms with Gasteiger partial charge in [0.25, 0.3) is 0 Å². The van der Waals surface area contributed by atoms with Crippen molar-refractivity contribution in [1.82, 2.24) is 0 Å². The molecule has 3 rings (SSSR count). The Morgan fingerprint density at radius 2 is 1.57 bits per heavy atom. The third kappa shape index (κ3) is 4.59. The average molecular weight is 323 g/mol. The van der Waals surface area contributed by atoms with Gasteiger partial charge in [-0.2, -0.15) is 5.10 Å². The van der Waals surface area contributed by atoms with E-state index in [2.05, 4.69) is 10.5 Å². The van der Waals surface area contributed by atoms with Crippen molar-refractivity contribution in [1.29, 1.82) is 0 Å². The normalized spacial score (nSPS) is 10.7. The highest BCUT2D eigenvalue weighted by Crippen LogP contribution is 2.21. The molecule has 1 N–H and O–H groups in total. The van der Waals surface area contributed by atoms with Gasteiger partial charge in [0.15, 0.2) is 0 Å². The quantitative estimate of drug-likeness (QED) is 0.491. The summed E-state index contributed by atoms with van der Waals surface area (Å²) in [6.45, 7) is 0. The van der Waals surface area contributed by atoms with Gasteiger partial charge in [-0.1, -0.05) is 41.9 Å². The maximum atomic E-state index is 5.85. The molecule has 3 nitrogen and oxygen atoms in total. The van der Waals surface area contributed by atoms with Crippen LogP contribution < -0.4 is 10.2 Å². The lowest BCUT2D eigenvalue weighted by atomic mass is 10.2. The second-order valence-electron chi connectivity index (χ2n) is 4.86. The summed E-state index contributed by atoms with van der Waals surface area (Å²) in [7, 11) is 0. The fraction of sp³-hybridized carbons (Fsp3) is 0. The van der Waals surface area contributed by atoms with Crippen LogP contribution in [0.4, 0.5) is 5.69 Å². The number of hydrogen-bond acceptors (Lipinski definition) is 3. The van der Waals surface area contributed by atoms with Crippen LogP contribution in [0.5, 0.6) is 11.5 Å². The molecule has 0 spiro atoms. The third-order valence-corrected chi connectivity index (χ3v) is 3.34. The highest BCUT2D eigenvalue weighted by Gasteiger charge is 1.97. The molecule has 0 saturated carbocycles. The van der Waals surface area contributed by atoms with E-state index in [1.54, 1.807) is 6.21 Å². The van der Waals surface area contributed by atoms with E-state index in [1.807, 2.05) is 78.9 Å². The first-order valence-corrected chi connectivity index (χ1v) is 7.55. The van der Waals surface area contributed by atoms with Gasteiger partial charge >= 0.3 is 0 Å². The Kier molecular flexibility index (Phi) is 4.92. The topological polar surface area (TPSA) is 33.6 Å². The number of para-hydroxylation sites is 1. The summed E-state index contributed by atoms with van der Waals surface area (Å²) in [5.74, 6) is 1.58. The van der Waals surface area contributed by atoms with E-state index in [-0.39, 0.29) is 0 Å². The first-order valence-electron chi connectivity index (χ1n) is 7.17. The number of rotatable bonds is 5. The Morgan fingerprint density at radius 1 is 0.826 bits per heavy atom. The van der Waals surface area contributed by atoms with Crippen molar-refractivity contribution in [3.8, 4) is 11.5 Å². The average Bonchev–Trinajstić information content (AvgIpc) is 2.58. The molecule has 0 aliphatic rings. The lowest BCUT2D eigenvalue weighted by Crippen LogP contribution is -1.91. The van der Waals surface area contributed by atoms with Crippen LogP contribution in [0.1, 0.15) is 5.56 Å². The van der Waals surface area contributed by atoms with Crippen LogP contribution in [0, 0.1) is 0 Å². The minimum atomic E-state index is 0.699. The molecule has 0 saturated heterocycles. The van der Waals surface area contributed by atoms with Gasteiger partial charge in [0.05, 0.1) is 11.9 Å². The van der Waals surface area contributed by atoms with Crippen LogP contribution in [0.25, 0.3) is 0 Å². The van der Waals surface area contributed by atoms with Crippen molar-refractivity contribution in [2.45, 2.75) is 0 Å². The van der Waals surface area contributed by atoms with Crippen LogP contribution in [-0.4, -0.2) is 6.21 Å². The maximum absolute atomic E-state index is 5.85. The van der Waals surface area contributed by atoms with Gasteiger partial charge in [-0.15, -0.1) is 0 Å². The van der Waals surface area contributed by atoms with Gasteiger partial charge in [-0.3, -0.25) is 5.43 Å². The lowest BCUT2D eigenvalue weighted by molar-refractivity contribution is 0.482. The summed E-state index contributed by atoms with van der Waals surface area (Å²) >= 11 is 5.85. The second kappa shape index (κ2) is 7.47. The van der Waals surface area contributed by atoms with E-state index in [9.17, 15) is 0 Å². The summed E-state index contributed by atoms with van der Waals surface area (Å²) in [6.07, 6.45) is 1.74. The minimum Gasteiger partial charge on any atom is -0.457 e. The molecule has 0 atom stereocenters. The molecule has 0 unspecified atom stereocenters. The SMILES string of the molecule is Clc1ccc(N/N=C\c2cccc(Oc3ccccc3)c2)cc1. The number of nitrogens with zero attached hydrogens (tertiary/aromatic N) is 1. The third-order valence-electron chi connectivity index (χ3n) is 3.09. The zero-order chi connectivity index (χ0) is 15.9. The monoisotopic (exact) mass is 322 g/mol. The Balaban J connectivity index is 1.65. The molecular weight excluding hydrogens is 308 g/mol. The molecule has 23 heavy (non-hydrogen) atoms. The first kappa shape index (κ1) is 15.1. The molecule has 4 heteroatoms. The summed E-state index contributed by atoms with van der Waals surface area (Å²) in [4.78, 5) is 0. The van der Waals surface area contributed by atoms with Crippen molar-refractivity contribution in [2.24, 2.45) is 5.10 Å². The van der Waals surface area contributed by atoms with Crippen molar-refractivity contribution < 1.29 is 4.74 Å². The van der Waals surface area contributed by atoms with Gasteiger partial charge < -0.3 is 4.74 Å². The summed E-state index contributed by atoms with van der Waals surface area (Å²) < 4.78 is 5.80. The van der Waals surface area contributed by atoms with E-state index >= 15 is 0 Å². The predicted octanol–water partition coefficient (Wildman–Crippen LogP) is 5.58. The van der Waals surface area contributed by atoms with Crippen molar-refractivity contribution >= 4 is 23.5 Å². The second-order valence-corrected chi connectivity index (χ2v) is 5.30. The van der Waals surface area contributed by atoms with Crippen molar-refractivity contribution in [3.05, 3.63) is 89.4 Å². The predicted molar refractivity (Wildman–Crippen MR) is 95.6 cm³/mol. The number of ether oxygens (including phenoxy) is 1. The Hall–Kier alpha value is -2.78. The lowest BCUT2D eigenvalue weighted by Gasteiger charge is -2.05. The molecule has 114 valence electrons. The molecular formula is C19H15ClN2O. The molecule has 3 aromatic rings. The fourth-order valence-corrected chi connectivity index (χ4v) is 2.11. The van der Waals surface area contributed by atoms with Gasteiger partial charge in [0.1, 0.15) is 11.5 Å². The molecule has 0 amide bonds. The van der Waals surface area contributed by atoms with E-state index in [0.717, 1.165) is 22.7 Å². The Labute approximate surface area is 140 Å². The number of anilines is 1. The molecule has 0 bridgehead atoms. The van der Waals surface area contributed by atoms with Crippen LogP contribution in [-0.2, 0) is 0 Å². The van der Waals surface area contributed by atoms with Gasteiger partial charge in [0, 0.05) is 5.02 Å². The Morgan fingerprint density at radius 3 is 2.35 bits per heavy atom. The molecule has 0 radical (unpaired) electrons. The Bertz CT molecular complexity index is 786. The van der Waals surface area contributed by atoms with Crippen LogP contribution in [0.3, 0.4) is 0 Å². The molecule has 0 aromatic heterocycles. The van der Waals surface area contributed by atoms with E-state index in [0.29, 0.717) is 5.02 Å². The van der Waals surface area contributed by atoms with E-state index in [4.69, 9.17) is 16.3 Å². The van der Waals surface area contributed by atoms with E-state index in [1.165, 1.54) is 0 Å². The molecule has 0 aliphatic carbocycles. The largest absolute Gasteiger partial charge is 0.457 e. The van der Waals surface area contributed by atoms with Gasteiger partial charge in [-0.05, 0) is 54.1 Å². The zero-order valence-electron chi connectivity index (χ0n) is 12.3. The molecule has 3 aromatic carbocycles. The van der Waals surface area contributed by atoms with Crippen LogP contribution in [0.2, 0.25) is 5.02 Å². The molecule has 0 heterocycles. The first-order chi connectivity index (χ1) is 11.3. The van der Waals surface area contributed by atoms with E-state index < -0.39 is 0 Å². The zero-order valence-corrected chi connectivity index (χ0v) is 13.1.